The van der Waals surface area contributed by atoms with Crippen molar-refractivity contribution in [2.75, 3.05) is 12.4 Å². The van der Waals surface area contributed by atoms with E-state index in [-0.39, 0.29) is 16.4 Å². The van der Waals surface area contributed by atoms with E-state index in [4.69, 9.17) is 16.3 Å². The first-order chi connectivity index (χ1) is 19.5. The second kappa shape index (κ2) is 11.4. The lowest BCUT2D eigenvalue weighted by atomic mass is 10.1. The molecule has 2 aromatic heterocycles. The molecule has 13 nitrogen and oxygen atoms in total. The zero-order valence-electron chi connectivity index (χ0n) is 21.3. The molecule has 0 radical (unpaired) electrons. The fraction of sp³-hybridized carbons (Fsp3) is 0.231. The highest BCUT2D eigenvalue weighted by Gasteiger charge is 2.47. The summed E-state index contributed by atoms with van der Waals surface area (Å²) in [6.07, 6.45) is -4.12. The van der Waals surface area contributed by atoms with Crippen LogP contribution < -0.4 is 10.6 Å². The van der Waals surface area contributed by atoms with E-state index in [1.165, 1.54) is 42.2 Å². The van der Waals surface area contributed by atoms with E-state index in [0.29, 0.717) is 28.5 Å². The molecule has 1 fully saturated rings. The Hall–Kier alpha value is -4.10. The SMILES string of the molecule is CNC(=O)[C@H]1O[C@@H](n2cnc3c(NCc4cccc(Cl)c4)nc(C#Cc4ccc(S(=O)(=O)O)cc4)nc32)[C@H](O)[C@@H]1O. The summed E-state index contributed by atoms with van der Waals surface area (Å²) in [5.41, 5.74) is 1.80. The van der Waals surface area contributed by atoms with Gasteiger partial charge in [0.2, 0.25) is 5.82 Å². The van der Waals surface area contributed by atoms with Crippen LogP contribution in [0.4, 0.5) is 5.82 Å². The lowest BCUT2D eigenvalue weighted by molar-refractivity contribution is -0.137. The number of nitrogens with zero attached hydrogens (tertiary/aromatic N) is 4. The topological polar surface area (TPSA) is 189 Å². The predicted molar refractivity (Wildman–Crippen MR) is 146 cm³/mol. The molecular weight excluding hydrogens is 576 g/mol. The lowest BCUT2D eigenvalue weighted by Crippen LogP contribution is -2.41. The van der Waals surface area contributed by atoms with Gasteiger partial charge in [-0.3, -0.25) is 13.9 Å². The third-order valence-electron chi connectivity index (χ3n) is 6.26. The minimum absolute atomic E-state index is 0.0441. The number of nitrogens with one attached hydrogen (secondary N) is 2. The Balaban J connectivity index is 1.54. The number of likely N-dealkylation sites (N-methyl/N-ethyl adjacent to an activating group) is 1. The van der Waals surface area contributed by atoms with Gasteiger partial charge in [0.05, 0.1) is 11.2 Å². The van der Waals surface area contributed by atoms with Crippen molar-refractivity contribution in [1.29, 1.82) is 0 Å². The molecule has 0 saturated carbocycles. The van der Waals surface area contributed by atoms with Crippen LogP contribution in [0.25, 0.3) is 11.2 Å². The molecule has 0 spiro atoms. The van der Waals surface area contributed by atoms with Crippen molar-refractivity contribution < 1.29 is 32.7 Å². The van der Waals surface area contributed by atoms with Gasteiger partial charge in [0.15, 0.2) is 29.3 Å². The predicted octanol–water partition coefficient (Wildman–Crippen LogP) is 1.10. The number of halogens is 1. The summed E-state index contributed by atoms with van der Waals surface area (Å²) in [6, 6.07) is 12.5. The molecule has 0 aliphatic carbocycles. The zero-order valence-corrected chi connectivity index (χ0v) is 22.8. The largest absolute Gasteiger partial charge is 0.387 e. The second-order valence-electron chi connectivity index (χ2n) is 9.00. The van der Waals surface area contributed by atoms with Gasteiger partial charge in [-0.25, -0.2) is 15.0 Å². The number of amides is 1. The van der Waals surface area contributed by atoms with Crippen molar-refractivity contribution in [3.05, 3.63) is 76.8 Å². The molecule has 15 heteroatoms. The molecule has 4 atom stereocenters. The number of aliphatic hydroxyl groups is 2. The number of carbonyl (C=O) groups is 1. The Morgan fingerprint density at radius 3 is 2.56 bits per heavy atom. The van der Waals surface area contributed by atoms with Gasteiger partial charge in [-0.1, -0.05) is 29.7 Å². The van der Waals surface area contributed by atoms with E-state index in [9.17, 15) is 28.0 Å². The first-order valence-corrected chi connectivity index (χ1v) is 13.9. The molecule has 2 aromatic carbocycles. The maximum atomic E-state index is 12.2. The fourth-order valence-corrected chi connectivity index (χ4v) is 4.89. The first kappa shape index (κ1) is 28.4. The third-order valence-corrected chi connectivity index (χ3v) is 7.36. The van der Waals surface area contributed by atoms with Crippen molar-refractivity contribution in [3.8, 4) is 11.8 Å². The number of aromatic nitrogens is 4. The quantitative estimate of drug-likeness (QED) is 0.158. The molecule has 212 valence electrons. The maximum absolute atomic E-state index is 12.2. The van der Waals surface area contributed by atoms with Crippen LogP contribution in [0.3, 0.4) is 0 Å². The fourth-order valence-electron chi connectivity index (χ4n) is 4.20. The normalized spacial score (nSPS) is 20.4. The number of hydrogen-bond donors (Lipinski definition) is 5. The third kappa shape index (κ3) is 6.00. The van der Waals surface area contributed by atoms with Crippen molar-refractivity contribution in [1.82, 2.24) is 24.8 Å². The summed E-state index contributed by atoms with van der Waals surface area (Å²) in [6.45, 7) is 0.323. The number of benzene rings is 2. The minimum atomic E-state index is -4.35. The average molecular weight is 599 g/mol. The Labute approximate surface area is 238 Å². The summed E-state index contributed by atoms with van der Waals surface area (Å²) < 4.78 is 38.9. The first-order valence-electron chi connectivity index (χ1n) is 12.1. The molecule has 0 unspecified atom stereocenters. The van der Waals surface area contributed by atoms with Gasteiger partial charge in [0.1, 0.15) is 12.2 Å². The van der Waals surface area contributed by atoms with Crippen molar-refractivity contribution >= 4 is 44.6 Å². The van der Waals surface area contributed by atoms with Crippen LogP contribution in [0.5, 0.6) is 0 Å². The molecule has 4 aromatic rings. The lowest BCUT2D eigenvalue weighted by Gasteiger charge is -2.16. The number of carbonyl (C=O) groups excluding carboxylic acids is 1. The maximum Gasteiger partial charge on any atom is 0.294 e. The highest BCUT2D eigenvalue weighted by Crippen LogP contribution is 2.32. The van der Waals surface area contributed by atoms with Gasteiger partial charge in [0.25, 0.3) is 16.0 Å². The van der Waals surface area contributed by atoms with Crippen LogP contribution in [0.1, 0.15) is 23.2 Å². The van der Waals surface area contributed by atoms with Crippen LogP contribution in [0.2, 0.25) is 5.02 Å². The molecule has 3 heterocycles. The van der Waals surface area contributed by atoms with Crippen LogP contribution in [0, 0.1) is 11.8 Å². The smallest absolute Gasteiger partial charge is 0.294 e. The molecule has 0 bridgehead atoms. The minimum Gasteiger partial charge on any atom is -0.387 e. The van der Waals surface area contributed by atoms with Gasteiger partial charge in [-0.05, 0) is 47.9 Å². The second-order valence-corrected chi connectivity index (χ2v) is 10.9. The Bertz CT molecular complexity index is 1790. The molecule has 1 saturated heterocycles. The van der Waals surface area contributed by atoms with E-state index in [1.54, 1.807) is 18.2 Å². The standard InChI is InChI=1S/C26H23ClN6O7S/c1-28-25(36)22-20(34)21(35)26(40-22)33-13-30-19-23(29-12-15-3-2-4-16(27)11-15)31-18(32-24(19)33)10-7-14-5-8-17(9-6-14)41(37,38)39/h2-6,8-9,11,13,20-22,26,34-35H,12H2,1H3,(H,28,36)(H,29,31,32)(H,37,38,39)/t20-,21+,22-,26+/m0/s1. The van der Waals surface area contributed by atoms with Gasteiger partial charge in [0, 0.05) is 24.2 Å². The molecule has 41 heavy (non-hydrogen) atoms. The number of hydrogen-bond acceptors (Lipinski definition) is 10. The van der Waals surface area contributed by atoms with E-state index in [0.717, 1.165) is 5.56 Å². The van der Waals surface area contributed by atoms with Crippen LogP contribution >= 0.6 is 11.6 Å². The van der Waals surface area contributed by atoms with Gasteiger partial charge < -0.3 is 25.6 Å². The van der Waals surface area contributed by atoms with Gasteiger partial charge in [-0.15, -0.1) is 0 Å². The van der Waals surface area contributed by atoms with Crippen molar-refractivity contribution in [2.24, 2.45) is 0 Å². The zero-order chi connectivity index (χ0) is 29.3. The summed E-state index contributed by atoms with van der Waals surface area (Å²) in [4.78, 5) is 25.2. The van der Waals surface area contributed by atoms with Crippen molar-refractivity contribution in [2.45, 2.75) is 36.0 Å². The number of ether oxygens (including phenoxy) is 1. The van der Waals surface area contributed by atoms with Gasteiger partial charge in [-0.2, -0.15) is 8.42 Å². The van der Waals surface area contributed by atoms with E-state index < -0.39 is 40.6 Å². The molecular formula is C26H23ClN6O7S. The number of rotatable bonds is 6. The highest BCUT2D eigenvalue weighted by atomic mass is 35.5. The summed E-state index contributed by atoms with van der Waals surface area (Å²) in [5, 5.41) is 27.2. The highest BCUT2D eigenvalue weighted by molar-refractivity contribution is 7.85. The van der Waals surface area contributed by atoms with E-state index in [2.05, 4.69) is 37.4 Å². The number of imidazole rings is 1. The summed E-state index contributed by atoms with van der Waals surface area (Å²) >= 11 is 6.11. The molecule has 1 aliphatic heterocycles. The average Bonchev–Trinajstić information content (AvgIpc) is 3.50. The Kier molecular flexibility index (Phi) is 7.91. The number of aliphatic hydroxyl groups excluding tert-OH is 2. The molecule has 5 rings (SSSR count). The Morgan fingerprint density at radius 1 is 1.12 bits per heavy atom. The van der Waals surface area contributed by atoms with Crippen LogP contribution in [-0.4, -0.2) is 74.0 Å². The molecule has 1 amide bonds. The van der Waals surface area contributed by atoms with Crippen molar-refractivity contribution in [3.63, 3.8) is 0 Å². The van der Waals surface area contributed by atoms with E-state index in [1.807, 2.05) is 6.07 Å². The van der Waals surface area contributed by atoms with Gasteiger partial charge >= 0.3 is 0 Å². The van der Waals surface area contributed by atoms with Crippen LogP contribution in [-0.2, 0) is 26.2 Å². The summed E-state index contributed by atoms with van der Waals surface area (Å²) in [7, 11) is -2.96. The Morgan fingerprint density at radius 2 is 1.88 bits per heavy atom. The van der Waals surface area contributed by atoms with Crippen LogP contribution in [0.15, 0.2) is 59.8 Å². The summed E-state index contributed by atoms with van der Waals surface area (Å²) in [5.74, 6) is 5.40. The molecule has 5 N–H and O–H groups in total. The van der Waals surface area contributed by atoms with E-state index >= 15 is 0 Å². The number of fused-ring (bicyclic) bond motifs is 1. The monoisotopic (exact) mass is 598 g/mol. The number of anilines is 1. The molecule has 1 aliphatic rings.